The van der Waals surface area contributed by atoms with E-state index in [0.29, 0.717) is 0 Å². The van der Waals surface area contributed by atoms with E-state index in [1.165, 1.54) is 9.79 Å². The molecule has 0 atom stereocenters. The van der Waals surface area contributed by atoms with Crippen molar-refractivity contribution in [3.8, 4) is 0 Å². The highest BCUT2D eigenvalue weighted by Crippen LogP contribution is 2.39. The van der Waals surface area contributed by atoms with Crippen molar-refractivity contribution in [3.05, 3.63) is 187 Å². The second-order valence-corrected chi connectivity index (χ2v) is 17.7. The molecule has 0 bridgehead atoms. The van der Waals surface area contributed by atoms with Crippen molar-refractivity contribution < 1.29 is 92.0 Å². The zero-order valence-corrected chi connectivity index (χ0v) is 33.4. The van der Waals surface area contributed by atoms with Crippen molar-refractivity contribution in [2.75, 3.05) is 6.26 Å². The third-order valence-electron chi connectivity index (χ3n) is 10.5. The third-order valence-corrected chi connectivity index (χ3v) is 14.3. The first kappa shape index (κ1) is 48.9. The lowest BCUT2D eigenvalue weighted by molar-refractivity contribution is 0.368. The summed E-state index contributed by atoms with van der Waals surface area (Å²) in [5.74, 6) is -57.8. The van der Waals surface area contributed by atoms with Crippen LogP contribution in [0.1, 0.15) is 22.3 Å². The minimum atomic E-state index is -4.78. The normalized spacial score (nSPS) is 14.5. The maximum Gasteiger partial charge on any atom is 0.200 e. The van der Waals surface area contributed by atoms with Gasteiger partial charge in [0, 0.05) is 6.15 Å². The lowest BCUT2D eigenvalue weighted by atomic mass is 9.16. The first-order chi connectivity index (χ1) is 30.4. The molecule has 0 aliphatic carbocycles. The third kappa shape index (κ3) is 8.46. The van der Waals surface area contributed by atoms with Gasteiger partial charge in [-0.1, -0.05) is 24.3 Å². The minimum Gasteiger partial charge on any atom is -0.249 e. The molecule has 1 aliphatic heterocycles. The van der Waals surface area contributed by atoms with E-state index < -0.39 is 181 Å². The van der Waals surface area contributed by atoms with Crippen LogP contribution in [-0.2, 0) is 47.0 Å². The molecule has 0 amide bonds. The van der Waals surface area contributed by atoms with E-state index in [1.54, 1.807) is 0 Å². The van der Waals surface area contributed by atoms with E-state index in [4.69, 9.17) is 0 Å². The van der Waals surface area contributed by atoms with Crippen LogP contribution in [-0.4, -0.2) is 16.6 Å². The van der Waals surface area contributed by atoms with Crippen LogP contribution >= 0.6 is 0 Å². The van der Waals surface area contributed by atoms with Gasteiger partial charge in [-0.2, -0.15) is 0 Å². The molecule has 0 saturated carbocycles. The Bertz CT molecular complexity index is 2510. The Hall–Kier alpha value is -5.52. The Kier molecular flexibility index (Phi) is 13.9. The highest BCUT2D eigenvalue weighted by Gasteiger charge is 2.41. The number of halogens is 20. The summed E-state index contributed by atoms with van der Waals surface area (Å²) in [6, 6.07) is 16.1. The molecule has 0 unspecified atom stereocenters. The maximum atomic E-state index is 14.9. The number of hydrogen-bond donors (Lipinski definition) is 0. The number of hydrogen-bond acceptors (Lipinski definition) is 1. The van der Waals surface area contributed by atoms with Gasteiger partial charge < -0.3 is 0 Å². The van der Waals surface area contributed by atoms with Gasteiger partial charge in [-0.05, 0) is 46.5 Å². The molecule has 1 aliphatic rings. The molecule has 0 fully saturated rings. The van der Waals surface area contributed by atoms with Crippen LogP contribution < -0.4 is 0 Å². The Morgan fingerprint density at radius 1 is 0.338 bits per heavy atom. The Labute approximate surface area is 357 Å². The zero-order valence-electron chi connectivity index (χ0n) is 31.8. The fourth-order valence-corrected chi connectivity index (χ4v) is 11.3. The van der Waals surface area contributed by atoms with E-state index in [1.807, 2.05) is 36.4 Å². The molecule has 0 aromatic heterocycles. The fourth-order valence-electron chi connectivity index (χ4n) is 7.43. The summed E-state index contributed by atoms with van der Waals surface area (Å²) in [4.78, 5) is 4.40. The second-order valence-electron chi connectivity index (χ2n) is 14.4. The molecule has 7 rings (SSSR count). The smallest absolute Gasteiger partial charge is 0.200 e. The molecular formula is C41H19BF20OS2. The zero-order chi connectivity index (χ0) is 48.3. The lowest BCUT2D eigenvalue weighted by Gasteiger charge is -2.41. The number of fused-ring (bicyclic) bond motifs is 2. The van der Waals surface area contributed by atoms with Crippen LogP contribution in [0.4, 0.5) is 87.8 Å². The summed E-state index contributed by atoms with van der Waals surface area (Å²) in [6.07, 6.45) is -11.7. The minimum absolute atomic E-state index is 0.0462. The number of rotatable bonds is 8. The Morgan fingerprint density at radius 3 is 0.738 bits per heavy atom. The van der Waals surface area contributed by atoms with E-state index in [9.17, 15) is 92.0 Å². The molecule has 0 N–H and O–H groups in total. The van der Waals surface area contributed by atoms with Crippen molar-refractivity contribution in [1.82, 2.24) is 0 Å². The molecule has 0 spiro atoms. The molecule has 6 aromatic rings. The quantitative estimate of drug-likeness (QED) is 0.0488. The van der Waals surface area contributed by atoms with Gasteiger partial charge in [-0.15, -0.1) is 25.3 Å². The van der Waals surface area contributed by atoms with Crippen LogP contribution in [0.5, 0.6) is 0 Å². The van der Waals surface area contributed by atoms with Crippen molar-refractivity contribution in [3.63, 3.8) is 0 Å². The SMILES string of the molecule is C[S+]1c2ccccc2S(=O)c2ccccc21.Fc1c(F)c(F)c(C[B-](Cc2c(F)c(F)c(F)c(F)c2F)(Cc2c(F)c(F)c(F)c(F)c2F)Cc2c(F)c(F)c(F)c(F)c2F)c(F)c1F. The van der Waals surface area contributed by atoms with E-state index >= 15 is 0 Å². The molecule has 1 nitrogen and oxygen atoms in total. The molecular weight excluding hydrogens is 963 g/mol. The van der Waals surface area contributed by atoms with Crippen molar-refractivity contribution in [2.24, 2.45) is 0 Å². The topological polar surface area (TPSA) is 17.1 Å². The molecule has 65 heavy (non-hydrogen) atoms. The van der Waals surface area contributed by atoms with E-state index in [2.05, 4.69) is 18.4 Å². The maximum absolute atomic E-state index is 14.9. The summed E-state index contributed by atoms with van der Waals surface area (Å²) in [7, 11) is -0.958. The fraction of sp³-hybridized carbons (Fsp3) is 0.122. The molecule has 0 saturated heterocycles. The molecule has 344 valence electrons. The average Bonchev–Trinajstić information content (AvgIpc) is 3.31. The molecule has 6 aromatic carbocycles. The van der Waals surface area contributed by atoms with Gasteiger partial charge in [0.2, 0.25) is 23.3 Å². The summed E-state index contributed by atoms with van der Waals surface area (Å²) in [6.45, 7) is 0. The van der Waals surface area contributed by atoms with Gasteiger partial charge in [0.1, 0.15) is 6.26 Å². The van der Waals surface area contributed by atoms with E-state index in [0.717, 1.165) is 9.79 Å². The van der Waals surface area contributed by atoms with Crippen molar-refractivity contribution in [1.29, 1.82) is 0 Å². The van der Waals surface area contributed by atoms with Gasteiger partial charge in [0.15, 0.2) is 103 Å². The largest absolute Gasteiger partial charge is 0.249 e. The highest BCUT2D eigenvalue weighted by molar-refractivity contribution is 7.98. The standard InChI is InChI=1S/C28H8BF20.C13H11OS2/c30-9-5(10(31)18(39)25(46)17(9)38)1-29(2-6-11(32)19(40)26(47)20(41)12(6)33,3-7-13(34)21(42)27(48)22(43)14(7)35)4-8-15(36)23(44)28(49)24(45)16(8)37;1-15-10-6-2-4-8-12(10)16(14)13-9-5-3-7-11(13)15/h1-4H2;2-9H,1H3/q-1;+1. The van der Waals surface area contributed by atoms with Gasteiger partial charge in [0.25, 0.3) is 0 Å². The van der Waals surface area contributed by atoms with Crippen LogP contribution in [0.3, 0.4) is 0 Å². The highest BCUT2D eigenvalue weighted by atomic mass is 32.2. The monoisotopic (exact) mass is 982 g/mol. The van der Waals surface area contributed by atoms with Gasteiger partial charge in [-0.3, -0.25) is 0 Å². The summed E-state index contributed by atoms with van der Waals surface area (Å²) < 4.78 is 300. The summed E-state index contributed by atoms with van der Waals surface area (Å²) in [5.41, 5.74) is -8.97. The summed E-state index contributed by atoms with van der Waals surface area (Å²) in [5, 5.41) is 0. The van der Waals surface area contributed by atoms with Crippen LogP contribution in [0.15, 0.2) is 68.1 Å². The van der Waals surface area contributed by atoms with Gasteiger partial charge in [-0.25, -0.2) is 92.0 Å². The second kappa shape index (κ2) is 18.4. The van der Waals surface area contributed by atoms with Crippen LogP contribution in [0.25, 0.3) is 0 Å². The van der Waals surface area contributed by atoms with E-state index in [-0.39, 0.29) is 10.9 Å². The predicted octanol–water partition coefficient (Wildman–Crippen LogP) is 12.2. The Morgan fingerprint density at radius 2 is 0.523 bits per heavy atom. The van der Waals surface area contributed by atoms with Crippen LogP contribution in [0, 0.1) is 116 Å². The van der Waals surface area contributed by atoms with Crippen molar-refractivity contribution >= 4 is 27.8 Å². The Balaban J connectivity index is 0.000000362. The molecule has 0 radical (unpaired) electrons. The molecule has 24 heteroatoms. The average molecular weight is 983 g/mol. The van der Waals surface area contributed by atoms with Crippen LogP contribution in [0.2, 0.25) is 0 Å². The summed E-state index contributed by atoms with van der Waals surface area (Å²) >= 11 is 0. The first-order valence-corrected chi connectivity index (χ1v) is 20.7. The van der Waals surface area contributed by atoms with Gasteiger partial charge in [0.05, 0.1) is 31.5 Å². The van der Waals surface area contributed by atoms with Gasteiger partial charge >= 0.3 is 0 Å². The van der Waals surface area contributed by atoms with Crippen molar-refractivity contribution in [2.45, 2.75) is 44.9 Å². The molecule has 1 heterocycles. The lowest BCUT2D eigenvalue weighted by Crippen LogP contribution is -2.49. The predicted molar refractivity (Wildman–Crippen MR) is 193 cm³/mol. The number of benzene rings is 6. The first-order valence-electron chi connectivity index (χ1n) is 17.9.